The van der Waals surface area contributed by atoms with E-state index in [2.05, 4.69) is 5.32 Å². The first kappa shape index (κ1) is 27.0. The molecule has 0 saturated heterocycles. The minimum absolute atomic E-state index is 0.254. The third-order valence-corrected chi connectivity index (χ3v) is 6.59. The molecule has 0 spiro atoms. The molecule has 0 unspecified atom stereocenters. The summed E-state index contributed by atoms with van der Waals surface area (Å²) in [6, 6.07) is 13.5. The number of hydrogen-bond acceptors (Lipinski definition) is 6. The molecule has 186 valence electrons. The summed E-state index contributed by atoms with van der Waals surface area (Å²) in [4.78, 5) is 27.5. The van der Waals surface area contributed by atoms with E-state index in [1.807, 2.05) is 37.3 Å². The SMILES string of the molecule is CC[C@H](C(=O)NC)N(CCc1ccccc1)C(=O)CN(c1ccc(OC)c(OC)c1)S(C)(=O)=O. The lowest BCUT2D eigenvalue weighted by Crippen LogP contribution is -2.52. The topological polar surface area (TPSA) is 105 Å². The normalized spacial score (nSPS) is 11.9. The predicted molar refractivity (Wildman–Crippen MR) is 132 cm³/mol. The van der Waals surface area contributed by atoms with E-state index in [0.717, 1.165) is 16.1 Å². The molecule has 0 bridgehead atoms. The van der Waals surface area contributed by atoms with Crippen LogP contribution in [0.1, 0.15) is 18.9 Å². The molecular formula is C24H33N3O6S. The fraction of sp³-hybridized carbons (Fsp3) is 0.417. The average Bonchev–Trinajstić information content (AvgIpc) is 2.83. The molecule has 1 N–H and O–H groups in total. The number of methoxy groups -OCH3 is 2. The van der Waals surface area contributed by atoms with Gasteiger partial charge in [-0.15, -0.1) is 0 Å². The Kier molecular flexibility index (Phi) is 9.73. The van der Waals surface area contributed by atoms with Gasteiger partial charge in [0.1, 0.15) is 12.6 Å². The summed E-state index contributed by atoms with van der Waals surface area (Å²) in [7, 11) is 0.602. The van der Waals surface area contributed by atoms with Crippen LogP contribution in [-0.2, 0) is 26.0 Å². The van der Waals surface area contributed by atoms with Gasteiger partial charge in [-0.2, -0.15) is 0 Å². The van der Waals surface area contributed by atoms with Crippen molar-refractivity contribution in [2.45, 2.75) is 25.8 Å². The maximum Gasteiger partial charge on any atom is 0.244 e. The number of ether oxygens (including phenoxy) is 2. The summed E-state index contributed by atoms with van der Waals surface area (Å²) in [5.41, 5.74) is 1.26. The second-order valence-electron chi connectivity index (χ2n) is 7.67. The molecule has 0 fully saturated rings. The Morgan fingerprint density at radius 2 is 1.68 bits per heavy atom. The summed E-state index contributed by atoms with van der Waals surface area (Å²) in [6.07, 6.45) is 1.94. The molecule has 0 heterocycles. The van der Waals surface area contributed by atoms with Crippen LogP contribution in [0.2, 0.25) is 0 Å². The molecule has 1 atom stereocenters. The number of likely N-dealkylation sites (N-methyl/N-ethyl adjacent to an activating group) is 1. The van der Waals surface area contributed by atoms with E-state index in [1.165, 1.54) is 32.2 Å². The molecule has 0 aliphatic rings. The molecule has 0 aliphatic carbocycles. The number of benzene rings is 2. The first-order valence-corrected chi connectivity index (χ1v) is 12.8. The van der Waals surface area contributed by atoms with Gasteiger partial charge in [-0.05, 0) is 30.5 Å². The summed E-state index contributed by atoms with van der Waals surface area (Å²) in [5.74, 6) is -0.0208. The average molecular weight is 492 g/mol. The number of rotatable bonds is 12. The van der Waals surface area contributed by atoms with Crippen molar-refractivity contribution in [1.82, 2.24) is 10.2 Å². The van der Waals surface area contributed by atoms with E-state index in [-0.39, 0.29) is 18.1 Å². The van der Waals surface area contributed by atoms with Crippen LogP contribution in [-0.4, -0.2) is 71.8 Å². The number of hydrogen-bond donors (Lipinski definition) is 1. The van der Waals surface area contributed by atoms with Crippen LogP contribution in [0.4, 0.5) is 5.69 Å². The number of carbonyl (C=O) groups excluding carboxylic acids is 2. The molecule has 0 saturated carbocycles. The molecular weight excluding hydrogens is 458 g/mol. The molecule has 0 radical (unpaired) electrons. The van der Waals surface area contributed by atoms with Crippen LogP contribution in [0.15, 0.2) is 48.5 Å². The highest BCUT2D eigenvalue weighted by atomic mass is 32.2. The first-order chi connectivity index (χ1) is 16.2. The fourth-order valence-corrected chi connectivity index (χ4v) is 4.50. The van der Waals surface area contributed by atoms with E-state index in [9.17, 15) is 18.0 Å². The van der Waals surface area contributed by atoms with Crippen LogP contribution in [0.25, 0.3) is 0 Å². The Labute approximate surface area is 201 Å². The Balaban J connectivity index is 2.39. The van der Waals surface area contributed by atoms with Crippen LogP contribution in [0, 0.1) is 0 Å². The van der Waals surface area contributed by atoms with Gasteiger partial charge >= 0.3 is 0 Å². The smallest absolute Gasteiger partial charge is 0.244 e. The molecule has 10 heteroatoms. The van der Waals surface area contributed by atoms with Crippen molar-refractivity contribution in [2.24, 2.45) is 0 Å². The second-order valence-corrected chi connectivity index (χ2v) is 9.58. The van der Waals surface area contributed by atoms with Crippen LogP contribution < -0.4 is 19.1 Å². The summed E-state index contributed by atoms with van der Waals surface area (Å²) in [5, 5.41) is 2.60. The molecule has 0 aliphatic heterocycles. The van der Waals surface area contributed by atoms with Gasteiger partial charge in [-0.1, -0.05) is 37.3 Å². The van der Waals surface area contributed by atoms with E-state index in [4.69, 9.17) is 9.47 Å². The van der Waals surface area contributed by atoms with Gasteiger partial charge in [0.25, 0.3) is 0 Å². The lowest BCUT2D eigenvalue weighted by molar-refractivity contribution is -0.139. The monoisotopic (exact) mass is 491 g/mol. The summed E-state index contributed by atoms with van der Waals surface area (Å²) >= 11 is 0. The minimum atomic E-state index is -3.83. The maximum absolute atomic E-state index is 13.5. The fourth-order valence-electron chi connectivity index (χ4n) is 3.66. The number of sulfonamides is 1. The quantitative estimate of drug-likeness (QED) is 0.487. The molecule has 9 nitrogen and oxygen atoms in total. The third-order valence-electron chi connectivity index (χ3n) is 5.45. The van der Waals surface area contributed by atoms with Gasteiger partial charge in [0.2, 0.25) is 21.8 Å². The van der Waals surface area contributed by atoms with Crippen LogP contribution in [0.5, 0.6) is 11.5 Å². The number of nitrogens with one attached hydrogen (secondary N) is 1. The van der Waals surface area contributed by atoms with Crippen molar-refractivity contribution >= 4 is 27.5 Å². The number of carbonyl (C=O) groups is 2. The largest absolute Gasteiger partial charge is 0.493 e. The molecule has 2 aromatic rings. The Bertz CT molecular complexity index is 1080. The number of nitrogens with zero attached hydrogens (tertiary/aromatic N) is 2. The van der Waals surface area contributed by atoms with Gasteiger partial charge in [0.05, 0.1) is 26.2 Å². The summed E-state index contributed by atoms with van der Waals surface area (Å²) < 4.78 is 36.8. The van der Waals surface area contributed by atoms with Gasteiger partial charge in [0.15, 0.2) is 11.5 Å². The molecule has 2 aromatic carbocycles. The van der Waals surface area contributed by atoms with Crippen molar-refractivity contribution in [2.75, 3.05) is 44.9 Å². The van der Waals surface area contributed by atoms with Gasteiger partial charge in [0, 0.05) is 19.7 Å². The Hall–Kier alpha value is -3.27. The second kappa shape index (κ2) is 12.3. The van der Waals surface area contributed by atoms with Crippen molar-refractivity contribution in [3.63, 3.8) is 0 Å². The molecule has 2 amide bonds. The zero-order valence-corrected chi connectivity index (χ0v) is 21.1. The molecule has 2 rings (SSSR count). The third kappa shape index (κ3) is 6.86. The highest BCUT2D eigenvalue weighted by molar-refractivity contribution is 7.92. The lowest BCUT2D eigenvalue weighted by Gasteiger charge is -2.32. The van der Waals surface area contributed by atoms with Gasteiger partial charge in [-0.25, -0.2) is 8.42 Å². The van der Waals surface area contributed by atoms with Crippen LogP contribution in [0.3, 0.4) is 0 Å². The van der Waals surface area contributed by atoms with E-state index >= 15 is 0 Å². The Morgan fingerprint density at radius 1 is 1.03 bits per heavy atom. The Morgan fingerprint density at radius 3 is 2.21 bits per heavy atom. The number of amides is 2. The van der Waals surface area contributed by atoms with Gasteiger partial charge in [-0.3, -0.25) is 13.9 Å². The van der Waals surface area contributed by atoms with Crippen LogP contribution >= 0.6 is 0 Å². The van der Waals surface area contributed by atoms with Crippen molar-refractivity contribution in [3.8, 4) is 11.5 Å². The van der Waals surface area contributed by atoms with E-state index in [0.29, 0.717) is 24.3 Å². The van der Waals surface area contributed by atoms with Gasteiger partial charge < -0.3 is 19.7 Å². The predicted octanol–water partition coefficient (Wildman–Crippen LogP) is 2.07. The summed E-state index contributed by atoms with van der Waals surface area (Å²) in [6.45, 7) is 1.61. The van der Waals surface area contributed by atoms with E-state index in [1.54, 1.807) is 12.1 Å². The first-order valence-electron chi connectivity index (χ1n) is 10.9. The van der Waals surface area contributed by atoms with Crippen molar-refractivity contribution in [1.29, 1.82) is 0 Å². The van der Waals surface area contributed by atoms with Crippen molar-refractivity contribution < 1.29 is 27.5 Å². The lowest BCUT2D eigenvalue weighted by atomic mass is 10.1. The standard InChI is InChI=1S/C24H33N3O6S/c1-6-20(24(29)25-2)26(15-14-18-10-8-7-9-11-18)23(28)17-27(34(5,30)31)19-12-13-21(32-3)22(16-19)33-4/h7-13,16,20H,6,14-15,17H2,1-5H3,(H,25,29)/t20-/m1/s1. The minimum Gasteiger partial charge on any atom is -0.493 e. The molecule has 0 aromatic heterocycles. The maximum atomic E-state index is 13.5. The molecule has 34 heavy (non-hydrogen) atoms. The highest BCUT2D eigenvalue weighted by Crippen LogP contribution is 2.32. The van der Waals surface area contributed by atoms with E-state index < -0.39 is 28.5 Å². The zero-order valence-electron chi connectivity index (χ0n) is 20.3. The highest BCUT2D eigenvalue weighted by Gasteiger charge is 2.31. The zero-order chi connectivity index (χ0) is 25.3. The van der Waals surface area contributed by atoms with Crippen molar-refractivity contribution in [3.05, 3.63) is 54.1 Å². The number of anilines is 1.